The topological polar surface area (TPSA) is 41.5 Å². The van der Waals surface area contributed by atoms with Crippen LogP contribution < -0.4 is 5.32 Å². The number of amidine groups is 1. The van der Waals surface area contributed by atoms with Crippen molar-refractivity contribution in [1.29, 1.82) is 0 Å². The van der Waals surface area contributed by atoms with Gasteiger partial charge in [-0.1, -0.05) is 35.0 Å². The molecule has 0 saturated carbocycles. The Balaban J connectivity index is 2.27. The first-order chi connectivity index (χ1) is 7.13. The molecule has 0 aliphatic carbocycles. The Morgan fingerprint density at radius 1 is 1.27 bits per heavy atom. The molecular formula is C9H6Cl2N2OS. The molecule has 1 fully saturated rings. The molecule has 1 aliphatic heterocycles. The highest BCUT2D eigenvalue weighted by Crippen LogP contribution is 2.25. The van der Waals surface area contributed by atoms with Gasteiger partial charge < -0.3 is 5.32 Å². The maximum atomic E-state index is 10.9. The monoisotopic (exact) mass is 260 g/mol. The normalized spacial score (nSPS) is 18.3. The molecule has 1 N–H and O–H groups in total. The van der Waals surface area contributed by atoms with Crippen LogP contribution in [0.3, 0.4) is 0 Å². The standard InChI is InChI=1S/C9H6Cl2N2OS/c10-5-1-6(11)3-7(2-5)12-9-13-8(14)4-15-9/h1-3H,4H2,(H,12,13,14). The molecular weight excluding hydrogens is 255 g/mol. The minimum atomic E-state index is -0.0353. The van der Waals surface area contributed by atoms with Crippen molar-refractivity contribution in [3.8, 4) is 0 Å². The fourth-order valence-electron chi connectivity index (χ4n) is 1.11. The Morgan fingerprint density at radius 2 is 1.93 bits per heavy atom. The zero-order valence-electron chi connectivity index (χ0n) is 7.46. The summed E-state index contributed by atoms with van der Waals surface area (Å²) in [4.78, 5) is 15.1. The molecule has 1 aliphatic rings. The lowest BCUT2D eigenvalue weighted by molar-refractivity contribution is -0.116. The fraction of sp³-hybridized carbons (Fsp3) is 0.111. The summed E-state index contributed by atoms with van der Waals surface area (Å²) in [5, 5.41) is 4.26. The molecule has 1 amide bonds. The molecule has 1 heterocycles. The number of carbonyl (C=O) groups excluding carboxylic acids is 1. The lowest BCUT2D eigenvalue weighted by Gasteiger charge is -1.98. The minimum absolute atomic E-state index is 0.0353. The molecule has 0 unspecified atom stereocenters. The number of halogens is 2. The summed E-state index contributed by atoms with van der Waals surface area (Å²) in [7, 11) is 0. The van der Waals surface area contributed by atoms with Gasteiger partial charge in [-0.25, -0.2) is 4.99 Å². The molecule has 3 nitrogen and oxygen atoms in total. The van der Waals surface area contributed by atoms with Crippen molar-refractivity contribution in [3.05, 3.63) is 28.2 Å². The largest absolute Gasteiger partial charge is 0.304 e. The number of hydrogen-bond donors (Lipinski definition) is 1. The maximum absolute atomic E-state index is 10.9. The van der Waals surface area contributed by atoms with E-state index < -0.39 is 0 Å². The highest BCUT2D eigenvalue weighted by molar-refractivity contribution is 8.15. The van der Waals surface area contributed by atoms with Gasteiger partial charge in [-0.05, 0) is 18.2 Å². The average Bonchev–Trinajstić information content (AvgIpc) is 2.49. The lowest BCUT2D eigenvalue weighted by Crippen LogP contribution is -2.19. The van der Waals surface area contributed by atoms with E-state index in [0.29, 0.717) is 26.7 Å². The van der Waals surface area contributed by atoms with Crippen molar-refractivity contribution in [2.45, 2.75) is 0 Å². The van der Waals surface area contributed by atoms with Gasteiger partial charge in [-0.15, -0.1) is 0 Å². The molecule has 2 rings (SSSR count). The van der Waals surface area contributed by atoms with Gasteiger partial charge in [0, 0.05) is 10.0 Å². The first kappa shape index (κ1) is 10.8. The molecule has 1 aromatic rings. The second-order valence-electron chi connectivity index (χ2n) is 2.88. The second-order valence-corrected chi connectivity index (χ2v) is 4.72. The van der Waals surface area contributed by atoms with Crippen molar-refractivity contribution in [2.75, 3.05) is 5.75 Å². The third-order valence-electron chi connectivity index (χ3n) is 1.66. The zero-order valence-corrected chi connectivity index (χ0v) is 9.79. The zero-order chi connectivity index (χ0) is 10.8. The van der Waals surface area contributed by atoms with E-state index in [1.807, 2.05) is 0 Å². The molecule has 0 radical (unpaired) electrons. The van der Waals surface area contributed by atoms with Gasteiger partial charge in [-0.3, -0.25) is 4.79 Å². The number of hydrogen-bond acceptors (Lipinski definition) is 3. The predicted octanol–water partition coefficient (Wildman–Crippen LogP) is 2.84. The third kappa shape index (κ3) is 2.87. The van der Waals surface area contributed by atoms with Crippen molar-refractivity contribution in [1.82, 2.24) is 5.32 Å². The van der Waals surface area contributed by atoms with E-state index in [9.17, 15) is 4.79 Å². The van der Waals surface area contributed by atoms with Crippen molar-refractivity contribution in [3.63, 3.8) is 0 Å². The number of carbonyl (C=O) groups is 1. The van der Waals surface area contributed by atoms with Crippen molar-refractivity contribution in [2.24, 2.45) is 4.99 Å². The molecule has 15 heavy (non-hydrogen) atoms. The lowest BCUT2D eigenvalue weighted by atomic mass is 10.3. The van der Waals surface area contributed by atoms with E-state index in [4.69, 9.17) is 23.2 Å². The molecule has 78 valence electrons. The average molecular weight is 261 g/mol. The Bertz CT molecular complexity index is 427. The van der Waals surface area contributed by atoms with E-state index in [-0.39, 0.29) is 5.91 Å². The van der Waals surface area contributed by atoms with Crippen LogP contribution in [-0.2, 0) is 4.79 Å². The predicted molar refractivity (Wildman–Crippen MR) is 64.2 cm³/mol. The third-order valence-corrected chi connectivity index (χ3v) is 2.97. The van der Waals surface area contributed by atoms with Crippen LogP contribution in [0.25, 0.3) is 0 Å². The Morgan fingerprint density at radius 3 is 2.47 bits per heavy atom. The van der Waals surface area contributed by atoms with Gasteiger partial charge >= 0.3 is 0 Å². The van der Waals surface area contributed by atoms with Gasteiger partial charge in [0.15, 0.2) is 5.17 Å². The summed E-state index contributed by atoms with van der Waals surface area (Å²) < 4.78 is 0. The smallest absolute Gasteiger partial charge is 0.236 e. The number of rotatable bonds is 1. The molecule has 1 saturated heterocycles. The van der Waals surface area contributed by atoms with E-state index in [0.717, 1.165) is 0 Å². The van der Waals surface area contributed by atoms with Gasteiger partial charge in [0.05, 0.1) is 11.4 Å². The number of thioether (sulfide) groups is 1. The van der Waals surface area contributed by atoms with Crippen LogP contribution in [0.15, 0.2) is 23.2 Å². The maximum Gasteiger partial charge on any atom is 0.236 e. The molecule has 0 spiro atoms. The van der Waals surface area contributed by atoms with Crippen LogP contribution in [0.1, 0.15) is 0 Å². The second kappa shape index (κ2) is 4.43. The van der Waals surface area contributed by atoms with Crippen molar-refractivity contribution < 1.29 is 4.79 Å². The SMILES string of the molecule is O=C1CSC(=Nc2cc(Cl)cc(Cl)c2)N1. The summed E-state index contributed by atoms with van der Waals surface area (Å²) >= 11 is 13.0. The summed E-state index contributed by atoms with van der Waals surface area (Å²) in [6.45, 7) is 0. The number of nitrogens with one attached hydrogen (secondary N) is 1. The van der Waals surface area contributed by atoms with Crippen LogP contribution in [0.2, 0.25) is 10.0 Å². The van der Waals surface area contributed by atoms with E-state index in [1.165, 1.54) is 11.8 Å². The quantitative estimate of drug-likeness (QED) is 0.844. The number of nitrogens with zero attached hydrogens (tertiary/aromatic N) is 1. The number of amides is 1. The van der Waals surface area contributed by atoms with E-state index >= 15 is 0 Å². The van der Waals surface area contributed by atoms with Gasteiger partial charge in [0.2, 0.25) is 5.91 Å². The molecule has 0 bridgehead atoms. The highest BCUT2D eigenvalue weighted by atomic mass is 35.5. The van der Waals surface area contributed by atoms with Crippen LogP contribution >= 0.6 is 35.0 Å². The summed E-state index contributed by atoms with van der Waals surface area (Å²) in [6, 6.07) is 5.00. The minimum Gasteiger partial charge on any atom is -0.304 e. The van der Waals surface area contributed by atoms with E-state index in [2.05, 4.69) is 10.3 Å². The summed E-state index contributed by atoms with van der Waals surface area (Å²) in [5.74, 6) is 0.375. The van der Waals surface area contributed by atoms with Gasteiger partial charge in [-0.2, -0.15) is 0 Å². The number of aliphatic imine (C=N–C) groups is 1. The summed E-state index contributed by atoms with van der Waals surface area (Å²) in [5.41, 5.74) is 0.636. The Labute approximate surface area is 101 Å². The molecule has 1 aromatic carbocycles. The molecule has 0 aromatic heterocycles. The Hall–Kier alpha value is -0.710. The van der Waals surface area contributed by atoms with Crippen molar-refractivity contribution >= 4 is 51.7 Å². The van der Waals surface area contributed by atoms with E-state index in [1.54, 1.807) is 18.2 Å². The first-order valence-electron chi connectivity index (χ1n) is 4.11. The van der Waals surface area contributed by atoms with Crippen LogP contribution in [0.4, 0.5) is 5.69 Å². The van der Waals surface area contributed by atoms with Crippen LogP contribution in [0, 0.1) is 0 Å². The summed E-state index contributed by atoms with van der Waals surface area (Å²) in [6.07, 6.45) is 0. The fourth-order valence-corrected chi connectivity index (χ4v) is 2.32. The molecule has 0 atom stereocenters. The van der Waals surface area contributed by atoms with Gasteiger partial charge in [0.1, 0.15) is 0 Å². The highest BCUT2D eigenvalue weighted by Gasteiger charge is 2.16. The molecule has 6 heteroatoms. The first-order valence-corrected chi connectivity index (χ1v) is 5.85. The Kier molecular flexibility index (Phi) is 3.19. The van der Waals surface area contributed by atoms with Crippen LogP contribution in [-0.4, -0.2) is 16.8 Å². The van der Waals surface area contributed by atoms with Crippen LogP contribution in [0.5, 0.6) is 0 Å². The number of benzene rings is 1. The van der Waals surface area contributed by atoms with Gasteiger partial charge in [0.25, 0.3) is 0 Å².